The Bertz CT molecular complexity index is 711. The summed E-state index contributed by atoms with van der Waals surface area (Å²) in [5.74, 6) is 1.49. The van der Waals surface area contributed by atoms with Crippen molar-refractivity contribution in [3.8, 4) is 5.75 Å². The van der Waals surface area contributed by atoms with Crippen molar-refractivity contribution in [2.24, 2.45) is 4.99 Å². The van der Waals surface area contributed by atoms with Gasteiger partial charge in [-0.1, -0.05) is 18.2 Å². The third-order valence-corrected chi connectivity index (χ3v) is 5.02. The summed E-state index contributed by atoms with van der Waals surface area (Å²) in [6.07, 6.45) is -2.74. The fraction of sp³-hybridized carbons (Fsp3) is 0.650. The van der Waals surface area contributed by atoms with Gasteiger partial charge in [-0.05, 0) is 33.3 Å². The minimum absolute atomic E-state index is 0. The van der Waals surface area contributed by atoms with Crippen molar-refractivity contribution in [3.63, 3.8) is 0 Å². The van der Waals surface area contributed by atoms with E-state index in [-0.39, 0.29) is 41.7 Å². The van der Waals surface area contributed by atoms with E-state index >= 15 is 0 Å². The normalized spacial score (nSPS) is 24.3. The van der Waals surface area contributed by atoms with Crippen molar-refractivity contribution < 1.29 is 17.9 Å². The summed E-state index contributed by atoms with van der Waals surface area (Å²) in [5.41, 5.74) is 0.748. The molecule has 0 saturated carbocycles. The molecule has 1 saturated heterocycles. The van der Waals surface area contributed by atoms with Crippen LogP contribution in [0.4, 0.5) is 13.2 Å². The molecular weight excluding hydrogens is 496 g/mol. The van der Waals surface area contributed by atoms with E-state index in [4.69, 9.17) is 4.74 Å². The van der Waals surface area contributed by atoms with Crippen LogP contribution in [-0.4, -0.2) is 54.9 Å². The highest BCUT2D eigenvalue weighted by molar-refractivity contribution is 14.0. The number of aliphatic imine (C=N–C) groups is 1. The second-order valence-corrected chi connectivity index (χ2v) is 8.10. The van der Waals surface area contributed by atoms with Gasteiger partial charge in [0.1, 0.15) is 11.4 Å². The number of benzene rings is 1. The Hall–Kier alpha value is -1.23. The Kier molecular flexibility index (Phi) is 8.06. The van der Waals surface area contributed by atoms with E-state index in [0.717, 1.165) is 17.7 Å². The molecule has 0 spiro atoms. The molecule has 29 heavy (non-hydrogen) atoms. The van der Waals surface area contributed by atoms with Gasteiger partial charge in [0.2, 0.25) is 0 Å². The van der Waals surface area contributed by atoms with Crippen molar-refractivity contribution in [2.75, 3.05) is 26.2 Å². The number of rotatable bonds is 4. The molecule has 0 bridgehead atoms. The van der Waals surface area contributed by atoms with E-state index < -0.39 is 12.7 Å². The van der Waals surface area contributed by atoms with Crippen LogP contribution in [0.15, 0.2) is 29.3 Å². The number of halogens is 4. The maximum absolute atomic E-state index is 12.6. The Morgan fingerprint density at radius 3 is 2.69 bits per heavy atom. The lowest BCUT2D eigenvalue weighted by Gasteiger charge is -2.38. The van der Waals surface area contributed by atoms with Gasteiger partial charge in [-0.2, -0.15) is 13.2 Å². The third kappa shape index (κ3) is 6.91. The van der Waals surface area contributed by atoms with E-state index in [1.165, 1.54) is 4.90 Å². The number of hydrogen-bond acceptors (Lipinski definition) is 3. The highest BCUT2D eigenvalue weighted by Crippen LogP contribution is 2.39. The molecule has 0 aliphatic carbocycles. The molecule has 3 rings (SSSR count). The molecule has 2 aliphatic rings. The second kappa shape index (κ2) is 9.72. The number of guanidine groups is 1. The van der Waals surface area contributed by atoms with Crippen LogP contribution in [0, 0.1) is 0 Å². The number of likely N-dealkylation sites (tertiary alicyclic amines) is 1. The van der Waals surface area contributed by atoms with Crippen LogP contribution in [0.5, 0.6) is 5.75 Å². The quantitative estimate of drug-likeness (QED) is 0.353. The second-order valence-electron chi connectivity index (χ2n) is 8.10. The van der Waals surface area contributed by atoms with Gasteiger partial charge in [0.05, 0.1) is 12.6 Å². The molecule has 0 amide bonds. The fourth-order valence-electron chi connectivity index (χ4n) is 3.93. The van der Waals surface area contributed by atoms with E-state index in [1.54, 1.807) is 0 Å². The molecule has 2 N–H and O–H groups in total. The first-order valence-corrected chi connectivity index (χ1v) is 9.80. The first-order valence-electron chi connectivity index (χ1n) is 9.80. The molecule has 2 atom stereocenters. The summed E-state index contributed by atoms with van der Waals surface area (Å²) < 4.78 is 44.0. The summed E-state index contributed by atoms with van der Waals surface area (Å²) in [7, 11) is 0. The molecular formula is C20H30F3IN4O. The number of nitrogens with zero attached hydrogens (tertiary/aromatic N) is 2. The lowest BCUT2D eigenvalue weighted by atomic mass is 9.90. The van der Waals surface area contributed by atoms with Gasteiger partial charge in [-0.25, -0.2) is 0 Å². The first kappa shape index (κ1) is 24.0. The van der Waals surface area contributed by atoms with Crippen LogP contribution < -0.4 is 15.4 Å². The standard InChI is InChI=1S/C20H29F3N4O.HI/c1-4-24-18(25-14-9-10-27(12-14)13-20(21,22)23)26-16-11-19(2,3)28-17-8-6-5-7-15(16)17;/h5-8,14,16H,4,9-13H2,1-3H3,(H2,24,25,26);1H. The van der Waals surface area contributed by atoms with Gasteiger partial charge in [0.15, 0.2) is 5.96 Å². The van der Waals surface area contributed by atoms with Crippen molar-refractivity contribution in [1.82, 2.24) is 15.5 Å². The Labute approximate surface area is 187 Å². The molecule has 0 radical (unpaired) electrons. The third-order valence-electron chi connectivity index (χ3n) is 5.02. The number of hydrogen-bond donors (Lipinski definition) is 2. The van der Waals surface area contributed by atoms with E-state index in [0.29, 0.717) is 32.0 Å². The van der Waals surface area contributed by atoms with Crippen molar-refractivity contribution >= 4 is 29.9 Å². The number of para-hydroxylation sites is 1. The zero-order valence-corrected chi connectivity index (χ0v) is 19.4. The van der Waals surface area contributed by atoms with Crippen LogP contribution >= 0.6 is 24.0 Å². The van der Waals surface area contributed by atoms with E-state index in [2.05, 4.69) is 15.6 Å². The predicted octanol–water partition coefficient (Wildman–Crippen LogP) is 4.10. The lowest BCUT2D eigenvalue weighted by molar-refractivity contribution is -0.143. The molecule has 164 valence electrons. The number of ether oxygens (including phenoxy) is 1. The number of alkyl halides is 3. The fourth-order valence-corrected chi connectivity index (χ4v) is 3.93. The average molecular weight is 526 g/mol. The average Bonchev–Trinajstić information content (AvgIpc) is 2.99. The Balaban J connectivity index is 0.00000300. The maximum atomic E-state index is 12.6. The highest BCUT2D eigenvalue weighted by Gasteiger charge is 2.36. The summed E-state index contributed by atoms with van der Waals surface area (Å²) in [6, 6.07) is 7.89. The van der Waals surface area contributed by atoms with Gasteiger partial charge < -0.3 is 15.4 Å². The molecule has 1 aromatic rings. The molecule has 1 aromatic carbocycles. The van der Waals surface area contributed by atoms with Crippen LogP contribution in [0.25, 0.3) is 0 Å². The largest absolute Gasteiger partial charge is 0.487 e. The summed E-state index contributed by atoms with van der Waals surface area (Å²) >= 11 is 0. The smallest absolute Gasteiger partial charge is 0.401 e. The highest BCUT2D eigenvalue weighted by atomic mass is 127. The van der Waals surface area contributed by atoms with E-state index in [1.807, 2.05) is 45.0 Å². The van der Waals surface area contributed by atoms with Gasteiger partial charge in [0.25, 0.3) is 0 Å². The van der Waals surface area contributed by atoms with Crippen LogP contribution in [0.2, 0.25) is 0 Å². The SMILES string of the molecule is CCN=C(NC1CCN(CC(F)(F)F)C1)NC1CC(C)(C)Oc2ccccc21.I. The summed E-state index contributed by atoms with van der Waals surface area (Å²) in [6.45, 7) is 6.56. The zero-order valence-electron chi connectivity index (χ0n) is 17.1. The predicted molar refractivity (Wildman–Crippen MR) is 119 cm³/mol. The van der Waals surface area contributed by atoms with Crippen molar-refractivity contribution in [1.29, 1.82) is 0 Å². The lowest BCUT2D eigenvalue weighted by Crippen LogP contribution is -2.49. The minimum Gasteiger partial charge on any atom is -0.487 e. The topological polar surface area (TPSA) is 48.9 Å². The van der Waals surface area contributed by atoms with Crippen molar-refractivity contribution in [3.05, 3.63) is 29.8 Å². The minimum atomic E-state index is -4.16. The molecule has 0 aromatic heterocycles. The van der Waals surface area contributed by atoms with Gasteiger partial charge in [0, 0.05) is 37.7 Å². The number of nitrogens with one attached hydrogen (secondary N) is 2. The summed E-state index contributed by atoms with van der Waals surface area (Å²) in [4.78, 5) is 5.95. The molecule has 2 aliphatic heterocycles. The molecule has 2 heterocycles. The molecule has 9 heteroatoms. The first-order chi connectivity index (χ1) is 13.1. The van der Waals surface area contributed by atoms with Crippen LogP contribution in [0.3, 0.4) is 0 Å². The van der Waals surface area contributed by atoms with E-state index in [9.17, 15) is 13.2 Å². The maximum Gasteiger partial charge on any atom is 0.401 e. The van der Waals surface area contributed by atoms with Crippen molar-refractivity contribution in [2.45, 2.75) is 57.5 Å². The zero-order chi connectivity index (χ0) is 20.4. The molecule has 2 unspecified atom stereocenters. The number of fused-ring (bicyclic) bond motifs is 1. The Morgan fingerprint density at radius 1 is 1.28 bits per heavy atom. The van der Waals surface area contributed by atoms with Crippen LogP contribution in [-0.2, 0) is 0 Å². The molecule has 1 fully saturated rings. The van der Waals surface area contributed by atoms with Crippen LogP contribution in [0.1, 0.15) is 45.2 Å². The summed E-state index contributed by atoms with van der Waals surface area (Å²) in [5, 5.41) is 6.80. The Morgan fingerprint density at radius 2 is 2.00 bits per heavy atom. The molecule has 5 nitrogen and oxygen atoms in total. The van der Waals surface area contributed by atoms with Gasteiger partial charge in [-0.15, -0.1) is 24.0 Å². The van der Waals surface area contributed by atoms with Gasteiger partial charge in [-0.3, -0.25) is 9.89 Å². The van der Waals surface area contributed by atoms with Gasteiger partial charge >= 0.3 is 6.18 Å². The monoisotopic (exact) mass is 526 g/mol.